The molecule has 0 aromatic carbocycles. The number of rotatable bonds is 0. The molecule has 0 aromatic rings. The zero-order chi connectivity index (χ0) is 7.03. The van der Waals surface area contributed by atoms with Crippen LogP contribution >= 0.6 is 0 Å². The molecule has 1 atom stereocenters. The Kier molecular flexibility index (Phi) is 1.23. The third-order valence-electron chi connectivity index (χ3n) is 3.08. The Balaban J connectivity index is 1.99. The van der Waals surface area contributed by atoms with E-state index in [4.69, 9.17) is 5.26 Å². The van der Waals surface area contributed by atoms with Crippen LogP contribution in [0.15, 0.2) is 0 Å². The van der Waals surface area contributed by atoms with E-state index in [1.165, 1.54) is 32.1 Å². The lowest BCUT2D eigenvalue weighted by Crippen LogP contribution is -2.14. The van der Waals surface area contributed by atoms with Gasteiger partial charge in [-0.3, -0.25) is 0 Å². The van der Waals surface area contributed by atoms with Gasteiger partial charge in [0.15, 0.2) is 0 Å². The molecule has 2 fully saturated rings. The first-order chi connectivity index (χ1) is 4.85. The Morgan fingerprint density at radius 3 is 2.70 bits per heavy atom. The normalized spacial score (nSPS) is 35.3. The Hall–Kier alpha value is -0.510. The molecular formula is C9H13N. The quantitative estimate of drug-likeness (QED) is 0.500. The van der Waals surface area contributed by atoms with Crippen LogP contribution in [0.1, 0.15) is 38.5 Å². The molecule has 1 nitrogen and oxygen atoms in total. The summed E-state index contributed by atoms with van der Waals surface area (Å²) in [6.45, 7) is 0. The Morgan fingerprint density at radius 1 is 1.30 bits per heavy atom. The van der Waals surface area contributed by atoms with Gasteiger partial charge >= 0.3 is 0 Å². The van der Waals surface area contributed by atoms with Crippen LogP contribution in [-0.4, -0.2) is 0 Å². The van der Waals surface area contributed by atoms with Gasteiger partial charge in [-0.05, 0) is 37.5 Å². The molecule has 1 spiro atoms. The van der Waals surface area contributed by atoms with E-state index in [1.807, 2.05) is 0 Å². The average Bonchev–Trinajstić information content (AvgIpc) is 2.70. The second-order valence-electron chi connectivity index (χ2n) is 3.92. The fourth-order valence-corrected chi connectivity index (χ4v) is 2.19. The van der Waals surface area contributed by atoms with Crippen molar-refractivity contribution in [2.45, 2.75) is 38.5 Å². The number of nitriles is 1. The summed E-state index contributed by atoms with van der Waals surface area (Å²) in [5.41, 5.74) is 0.679. The molecule has 0 aliphatic heterocycles. The van der Waals surface area contributed by atoms with Gasteiger partial charge in [0, 0.05) is 5.92 Å². The lowest BCUT2D eigenvalue weighted by molar-refractivity contribution is 0.289. The maximum Gasteiger partial charge on any atom is 0.0655 e. The fourth-order valence-electron chi connectivity index (χ4n) is 2.19. The van der Waals surface area contributed by atoms with Crippen molar-refractivity contribution in [3.8, 4) is 6.07 Å². The van der Waals surface area contributed by atoms with Crippen LogP contribution in [-0.2, 0) is 0 Å². The standard InChI is InChI=1S/C9H13N/c10-7-8-2-1-3-9(6-8)4-5-9/h8H,1-6H2. The van der Waals surface area contributed by atoms with Crippen molar-refractivity contribution in [1.29, 1.82) is 5.26 Å². The summed E-state index contributed by atoms with van der Waals surface area (Å²) in [5.74, 6) is 0.399. The predicted octanol–water partition coefficient (Wildman–Crippen LogP) is 2.48. The second kappa shape index (κ2) is 1.99. The molecule has 0 radical (unpaired) electrons. The molecule has 0 heterocycles. The SMILES string of the molecule is N#CC1CCCC2(CC2)C1. The van der Waals surface area contributed by atoms with Crippen molar-refractivity contribution >= 4 is 0 Å². The van der Waals surface area contributed by atoms with Crippen molar-refractivity contribution in [2.75, 3.05) is 0 Å². The Labute approximate surface area is 62.0 Å². The molecule has 2 aliphatic rings. The van der Waals surface area contributed by atoms with E-state index in [1.54, 1.807) is 0 Å². The molecule has 0 bridgehead atoms. The topological polar surface area (TPSA) is 23.8 Å². The maximum absolute atomic E-state index is 8.70. The lowest BCUT2D eigenvalue weighted by Gasteiger charge is -2.24. The number of nitrogens with zero attached hydrogens (tertiary/aromatic N) is 1. The Morgan fingerprint density at radius 2 is 2.10 bits per heavy atom. The minimum absolute atomic E-state index is 0.399. The van der Waals surface area contributed by atoms with Gasteiger partial charge < -0.3 is 0 Å². The van der Waals surface area contributed by atoms with E-state index >= 15 is 0 Å². The largest absolute Gasteiger partial charge is 0.198 e. The second-order valence-corrected chi connectivity index (χ2v) is 3.92. The van der Waals surface area contributed by atoms with Gasteiger partial charge in [0.1, 0.15) is 0 Å². The molecule has 0 amide bonds. The Bertz CT molecular complexity index is 174. The minimum Gasteiger partial charge on any atom is -0.198 e. The molecule has 54 valence electrons. The molecule has 10 heavy (non-hydrogen) atoms. The molecule has 0 aromatic heterocycles. The van der Waals surface area contributed by atoms with Crippen LogP contribution < -0.4 is 0 Å². The summed E-state index contributed by atoms with van der Waals surface area (Å²) in [7, 11) is 0. The zero-order valence-corrected chi connectivity index (χ0v) is 6.27. The highest BCUT2D eigenvalue weighted by Crippen LogP contribution is 2.57. The minimum atomic E-state index is 0.399. The fraction of sp³-hybridized carbons (Fsp3) is 0.889. The van der Waals surface area contributed by atoms with E-state index in [-0.39, 0.29) is 0 Å². The lowest BCUT2D eigenvalue weighted by atomic mass is 9.80. The van der Waals surface area contributed by atoms with Crippen molar-refractivity contribution in [1.82, 2.24) is 0 Å². The monoisotopic (exact) mass is 135 g/mol. The first-order valence-corrected chi connectivity index (χ1v) is 4.24. The van der Waals surface area contributed by atoms with Crippen LogP contribution in [0.4, 0.5) is 0 Å². The number of hydrogen-bond acceptors (Lipinski definition) is 1. The molecule has 2 rings (SSSR count). The smallest absolute Gasteiger partial charge is 0.0655 e. The van der Waals surface area contributed by atoms with Gasteiger partial charge in [-0.1, -0.05) is 6.42 Å². The summed E-state index contributed by atoms with van der Waals surface area (Å²) in [6.07, 6.45) is 7.90. The first-order valence-electron chi connectivity index (χ1n) is 4.24. The molecular weight excluding hydrogens is 122 g/mol. The first kappa shape index (κ1) is 6.22. The molecule has 1 heteroatoms. The summed E-state index contributed by atoms with van der Waals surface area (Å²) >= 11 is 0. The summed E-state index contributed by atoms with van der Waals surface area (Å²) in [5, 5.41) is 8.70. The van der Waals surface area contributed by atoms with Gasteiger partial charge in [-0.2, -0.15) is 5.26 Å². The molecule has 0 saturated heterocycles. The van der Waals surface area contributed by atoms with Crippen LogP contribution in [0, 0.1) is 22.7 Å². The zero-order valence-electron chi connectivity index (χ0n) is 6.27. The van der Waals surface area contributed by atoms with Crippen LogP contribution in [0.25, 0.3) is 0 Å². The van der Waals surface area contributed by atoms with Crippen LogP contribution in [0.2, 0.25) is 0 Å². The van der Waals surface area contributed by atoms with Crippen molar-refractivity contribution in [3.05, 3.63) is 0 Å². The van der Waals surface area contributed by atoms with E-state index in [0.29, 0.717) is 11.3 Å². The highest BCUT2D eigenvalue weighted by molar-refractivity contribution is 5.01. The van der Waals surface area contributed by atoms with Gasteiger partial charge in [-0.15, -0.1) is 0 Å². The molecule has 1 unspecified atom stereocenters. The van der Waals surface area contributed by atoms with Crippen molar-refractivity contribution < 1.29 is 0 Å². The highest BCUT2D eigenvalue weighted by Gasteiger charge is 2.45. The predicted molar refractivity (Wildman–Crippen MR) is 39.2 cm³/mol. The van der Waals surface area contributed by atoms with Crippen LogP contribution in [0.5, 0.6) is 0 Å². The summed E-state index contributed by atoms with van der Waals surface area (Å²) in [6, 6.07) is 2.40. The van der Waals surface area contributed by atoms with Gasteiger partial charge in [-0.25, -0.2) is 0 Å². The third-order valence-corrected chi connectivity index (χ3v) is 3.08. The molecule has 0 N–H and O–H groups in total. The average molecular weight is 135 g/mol. The van der Waals surface area contributed by atoms with Crippen LogP contribution in [0.3, 0.4) is 0 Å². The van der Waals surface area contributed by atoms with Gasteiger partial charge in [0.25, 0.3) is 0 Å². The third kappa shape index (κ3) is 0.923. The summed E-state index contributed by atoms with van der Waals surface area (Å²) < 4.78 is 0. The van der Waals surface area contributed by atoms with Crippen molar-refractivity contribution in [3.63, 3.8) is 0 Å². The van der Waals surface area contributed by atoms with E-state index in [2.05, 4.69) is 6.07 Å². The summed E-state index contributed by atoms with van der Waals surface area (Å²) in [4.78, 5) is 0. The maximum atomic E-state index is 8.70. The highest BCUT2D eigenvalue weighted by atomic mass is 14.5. The van der Waals surface area contributed by atoms with Gasteiger partial charge in [0.2, 0.25) is 0 Å². The molecule has 2 aliphatic carbocycles. The van der Waals surface area contributed by atoms with Crippen molar-refractivity contribution in [2.24, 2.45) is 11.3 Å². The van der Waals surface area contributed by atoms with E-state index in [9.17, 15) is 0 Å². The van der Waals surface area contributed by atoms with Gasteiger partial charge in [0.05, 0.1) is 6.07 Å². The molecule has 2 saturated carbocycles. The van der Waals surface area contributed by atoms with E-state index < -0.39 is 0 Å². The van der Waals surface area contributed by atoms with E-state index in [0.717, 1.165) is 6.42 Å². The number of hydrogen-bond donors (Lipinski definition) is 0.